The van der Waals surface area contributed by atoms with E-state index in [1.807, 2.05) is 0 Å². The number of hydrogen-bond acceptors (Lipinski definition) is 1. The van der Waals surface area contributed by atoms with Crippen LogP contribution >= 0.6 is 0 Å². The first-order valence-corrected chi connectivity index (χ1v) is 6.05. The number of hydrogen-bond donors (Lipinski definition) is 1. The summed E-state index contributed by atoms with van der Waals surface area (Å²) in [5.74, 6) is 0. The lowest BCUT2D eigenvalue weighted by Crippen LogP contribution is -2.24. The number of rotatable bonds is 1. The highest BCUT2D eigenvalue weighted by atomic mass is 15.2. The number of benzene rings is 1. The maximum absolute atomic E-state index is 3.37. The Morgan fingerprint density at radius 3 is 2.81 bits per heavy atom. The zero-order valence-electron chi connectivity index (χ0n) is 9.90. The first-order valence-electron chi connectivity index (χ1n) is 6.05. The minimum atomic E-state index is 0.589. The summed E-state index contributed by atoms with van der Waals surface area (Å²) in [6.45, 7) is 2.31. The van der Waals surface area contributed by atoms with Crippen LogP contribution in [-0.2, 0) is 0 Å². The molecule has 1 aliphatic rings. The molecule has 0 bridgehead atoms. The van der Waals surface area contributed by atoms with Crippen molar-refractivity contribution in [3.8, 4) is 0 Å². The fraction of sp³-hybridized carbons (Fsp3) is 0.429. The van der Waals surface area contributed by atoms with Gasteiger partial charge in [-0.15, -0.1) is 0 Å². The van der Waals surface area contributed by atoms with E-state index < -0.39 is 0 Å². The van der Waals surface area contributed by atoms with Gasteiger partial charge in [-0.25, -0.2) is 0 Å². The van der Waals surface area contributed by atoms with Crippen LogP contribution in [0.4, 0.5) is 0 Å². The molecule has 0 spiro atoms. The van der Waals surface area contributed by atoms with Gasteiger partial charge in [0.1, 0.15) is 0 Å². The Balaban J connectivity index is 2.06. The number of nitrogens with zero attached hydrogens (tertiary/aromatic N) is 1. The highest BCUT2D eigenvalue weighted by Gasteiger charge is 2.29. The average Bonchev–Trinajstić information content (AvgIpc) is 2.85. The molecule has 1 N–H and O–H groups in total. The molecule has 2 heteroatoms. The van der Waals surface area contributed by atoms with Crippen LogP contribution in [0.15, 0.2) is 30.5 Å². The molecule has 1 fully saturated rings. The lowest BCUT2D eigenvalue weighted by atomic mass is 10.0. The zero-order valence-corrected chi connectivity index (χ0v) is 9.90. The first-order chi connectivity index (χ1) is 7.77. The van der Waals surface area contributed by atoms with E-state index in [4.69, 9.17) is 0 Å². The Hall–Kier alpha value is -1.28. The molecular formula is C14H18N2. The van der Waals surface area contributed by atoms with Gasteiger partial charge in [0.25, 0.3) is 0 Å². The normalized spacial score (nSPS) is 26.6. The molecule has 2 nitrogen and oxygen atoms in total. The predicted molar refractivity (Wildman–Crippen MR) is 67.5 cm³/mol. The molecule has 2 atom stereocenters. The molecule has 3 rings (SSSR count). The van der Waals surface area contributed by atoms with Crippen LogP contribution in [0.2, 0.25) is 0 Å². The van der Waals surface area contributed by atoms with Crippen LogP contribution in [0.3, 0.4) is 0 Å². The number of aromatic nitrogens is 1. The van der Waals surface area contributed by atoms with E-state index >= 15 is 0 Å². The summed E-state index contributed by atoms with van der Waals surface area (Å²) in [6, 6.07) is 9.88. The van der Waals surface area contributed by atoms with E-state index in [1.54, 1.807) is 0 Å². The lowest BCUT2D eigenvalue weighted by molar-refractivity contribution is 0.258. The Kier molecular flexibility index (Phi) is 2.25. The molecule has 16 heavy (non-hydrogen) atoms. The highest BCUT2D eigenvalue weighted by molar-refractivity contribution is 5.83. The summed E-state index contributed by atoms with van der Waals surface area (Å²) >= 11 is 0. The smallest absolute Gasteiger partial charge is 0.0457 e. The van der Waals surface area contributed by atoms with Gasteiger partial charge in [-0.3, -0.25) is 4.90 Å². The summed E-state index contributed by atoms with van der Waals surface area (Å²) < 4.78 is 0. The summed E-state index contributed by atoms with van der Waals surface area (Å²) in [4.78, 5) is 5.87. The quantitative estimate of drug-likeness (QED) is 0.771. The van der Waals surface area contributed by atoms with Crippen molar-refractivity contribution in [2.24, 2.45) is 0 Å². The second-order valence-electron chi connectivity index (χ2n) is 4.90. The minimum Gasteiger partial charge on any atom is -0.361 e. The van der Waals surface area contributed by atoms with Crippen molar-refractivity contribution >= 4 is 10.9 Å². The van der Waals surface area contributed by atoms with E-state index in [0.29, 0.717) is 12.1 Å². The standard InChI is InChI=1S/C14H18N2/c1-10-7-8-14(16(10)2)12-9-15-13-6-4-3-5-11(12)13/h3-6,9-10,14-15H,7-8H2,1-2H3/t10-,14+/m1/s1. The molecule has 0 amide bonds. The molecule has 2 heterocycles. The summed E-state index contributed by atoms with van der Waals surface area (Å²) in [7, 11) is 2.24. The van der Waals surface area contributed by atoms with Crippen molar-refractivity contribution < 1.29 is 0 Å². The van der Waals surface area contributed by atoms with Crippen LogP contribution in [0.5, 0.6) is 0 Å². The third kappa shape index (κ3) is 1.37. The van der Waals surface area contributed by atoms with Gasteiger partial charge in [-0.05, 0) is 38.4 Å². The van der Waals surface area contributed by atoms with Crippen molar-refractivity contribution in [3.05, 3.63) is 36.0 Å². The van der Waals surface area contributed by atoms with Gasteiger partial charge in [0, 0.05) is 29.2 Å². The van der Waals surface area contributed by atoms with Crippen molar-refractivity contribution in [2.45, 2.75) is 31.8 Å². The van der Waals surface area contributed by atoms with Crippen LogP contribution in [0.1, 0.15) is 31.4 Å². The fourth-order valence-electron chi connectivity index (χ4n) is 2.86. The monoisotopic (exact) mass is 214 g/mol. The van der Waals surface area contributed by atoms with E-state index in [9.17, 15) is 0 Å². The van der Waals surface area contributed by atoms with E-state index in [-0.39, 0.29) is 0 Å². The van der Waals surface area contributed by atoms with Gasteiger partial charge in [-0.2, -0.15) is 0 Å². The van der Waals surface area contributed by atoms with Crippen LogP contribution < -0.4 is 0 Å². The number of nitrogens with one attached hydrogen (secondary N) is 1. The van der Waals surface area contributed by atoms with Gasteiger partial charge in [-0.1, -0.05) is 18.2 Å². The molecule has 0 unspecified atom stereocenters. The Labute approximate surface area is 96.3 Å². The predicted octanol–water partition coefficient (Wildman–Crippen LogP) is 3.32. The number of likely N-dealkylation sites (tertiary alicyclic amines) is 1. The molecule has 2 aromatic rings. The summed E-state index contributed by atoms with van der Waals surface area (Å²) in [6.07, 6.45) is 4.77. The van der Waals surface area contributed by atoms with Crippen molar-refractivity contribution in [1.29, 1.82) is 0 Å². The molecule has 1 aliphatic heterocycles. The fourth-order valence-corrected chi connectivity index (χ4v) is 2.86. The molecule has 0 radical (unpaired) electrons. The Morgan fingerprint density at radius 2 is 2.06 bits per heavy atom. The Bertz CT molecular complexity index is 500. The molecule has 0 aliphatic carbocycles. The minimum absolute atomic E-state index is 0.589. The van der Waals surface area contributed by atoms with E-state index in [1.165, 1.54) is 29.3 Å². The van der Waals surface area contributed by atoms with Gasteiger partial charge in [0.05, 0.1) is 0 Å². The van der Waals surface area contributed by atoms with Crippen LogP contribution in [0, 0.1) is 0 Å². The topological polar surface area (TPSA) is 19.0 Å². The molecule has 1 saturated heterocycles. The SMILES string of the molecule is C[C@@H]1CC[C@@H](c2c[nH]c3ccccc23)N1C. The van der Waals surface area contributed by atoms with Crippen LogP contribution in [-0.4, -0.2) is 23.0 Å². The molecule has 1 aromatic carbocycles. The maximum atomic E-state index is 3.37. The number of fused-ring (bicyclic) bond motifs is 1. The van der Waals surface area contributed by atoms with Gasteiger partial charge in [0.15, 0.2) is 0 Å². The first kappa shape index (κ1) is 9.91. The van der Waals surface area contributed by atoms with Gasteiger partial charge < -0.3 is 4.98 Å². The third-order valence-electron chi connectivity index (χ3n) is 4.02. The molecule has 1 aromatic heterocycles. The lowest BCUT2D eigenvalue weighted by Gasteiger charge is -2.23. The largest absolute Gasteiger partial charge is 0.361 e. The third-order valence-corrected chi connectivity index (χ3v) is 4.02. The highest BCUT2D eigenvalue weighted by Crippen LogP contribution is 2.37. The van der Waals surface area contributed by atoms with Gasteiger partial charge >= 0.3 is 0 Å². The zero-order chi connectivity index (χ0) is 11.1. The average molecular weight is 214 g/mol. The van der Waals surface area contributed by atoms with Gasteiger partial charge in [0.2, 0.25) is 0 Å². The number of H-pyrrole nitrogens is 1. The van der Waals surface area contributed by atoms with Crippen LogP contribution in [0.25, 0.3) is 10.9 Å². The number of para-hydroxylation sites is 1. The molecular weight excluding hydrogens is 196 g/mol. The molecule has 84 valence electrons. The Morgan fingerprint density at radius 1 is 1.25 bits per heavy atom. The maximum Gasteiger partial charge on any atom is 0.0457 e. The van der Waals surface area contributed by atoms with E-state index in [0.717, 1.165) is 0 Å². The van der Waals surface area contributed by atoms with Crippen molar-refractivity contribution in [3.63, 3.8) is 0 Å². The molecule has 0 saturated carbocycles. The number of aromatic amines is 1. The second kappa shape index (κ2) is 3.63. The van der Waals surface area contributed by atoms with Crippen molar-refractivity contribution in [1.82, 2.24) is 9.88 Å². The summed E-state index contributed by atoms with van der Waals surface area (Å²) in [5, 5.41) is 1.38. The second-order valence-corrected chi connectivity index (χ2v) is 4.90. The summed E-state index contributed by atoms with van der Waals surface area (Å²) in [5.41, 5.74) is 2.72. The van der Waals surface area contributed by atoms with E-state index in [2.05, 4.69) is 54.3 Å². The van der Waals surface area contributed by atoms with Crippen molar-refractivity contribution in [2.75, 3.05) is 7.05 Å².